The van der Waals surface area contributed by atoms with E-state index >= 15 is 0 Å². The van der Waals surface area contributed by atoms with Crippen molar-refractivity contribution >= 4 is 21.8 Å². The molecule has 0 saturated heterocycles. The third-order valence-corrected chi connectivity index (χ3v) is 2.55. The fourth-order valence-electron chi connectivity index (χ4n) is 1.33. The molecule has 1 amide bonds. The van der Waals surface area contributed by atoms with Crippen LogP contribution in [0.3, 0.4) is 0 Å². The molecule has 0 bridgehead atoms. The molecule has 0 atom stereocenters. The Kier molecular flexibility index (Phi) is 5.28. The highest BCUT2D eigenvalue weighted by molar-refractivity contribution is 9.10. The summed E-state index contributed by atoms with van der Waals surface area (Å²) in [6, 6.07) is 5.58. The van der Waals surface area contributed by atoms with Gasteiger partial charge in [-0.1, -0.05) is 15.9 Å². The second kappa shape index (κ2) is 6.50. The van der Waals surface area contributed by atoms with Crippen LogP contribution < -0.4 is 15.8 Å². The lowest BCUT2D eigenvalue weighted by molar-refractivity contribution is -0.120. The standard InChI is InChI=1S/C11H15BrN2O2/c1-16-10-3-2-9(12)6-8(10)7-11(15)14-5-4-13/h2-3,6H,4-5,7,13H2,1H3,(H,14,15). The van der Waals surface area contributed by atoms with E-state index in [0.717, 1.165) is 10.0 Å². The topological polar surface area (TPSA) is 64.3 Å². The van der Waals surface area contributed by atoms with Gasteiger partial charge in [0.05, 0.1) is 13.5 Å². The van der Waals surface area contributed by atoms with Gasteiger partial charge in [0.2, 0.25) is 5.91 Å². The molecule has 0 aromatic heterocycles. The maximum atomic E-state index is 11.5. The van der Waals surface area contributed by atoms with Crippen LogP contribution in [-0.4, -0.2) is 26.1 Å². The Morgan fingerprint density at radius 1 is 1.56 bits per heavy atom. The number of ether oxygens (including phenoxy) is 1. The minimum Gasteiger partial charge on any atom is -0.496 e. The quantitative estimate of drug-likeness (QED) is 0.851. The molecule has 0 radical (unpaired) electrons. The van der Waals surface area contributed by atoms with Crippen LogP contribution >= 0.6 is 15.9 Å². The molecule has 0 heterocycles. The summed E-state index contributed by atoms with van der Waals surface area (Å²) in [4.78, 5) is 11.5. The zero-order chi connectivity index (χ0) is 12.0. The highest BCUT2D eigenvalue weighted by Gasteiger charge is 2.08. The zero-order valence-electron chi connectivity index (χ0n) is 9.13. The van der Waals surface area contributed by atoms with Gasteiger partial charge in [-0.2, -0.15) is 0 Å². The van der Waals surface area contributed by atoms with E-state index in [1.807, 2.05) is 18.2 Å². The number of benzene rings is 1. The summed E-state index contributed by atoms with van der Waals surface area (Å²) >= 11 is 3.36. The first kappa shape index (κ1) is 13.0. The molecule has 0 spiro atoms. The van der Waals surface area contributed by atoms with E-state index in [0.29, 0.717) is 25.3 Å². The van der Waals surface area contributed by atoms with Gasteiger partial charge in [0.15, 0.2) is 0 Å². The molecule has 0 aliphatic carbocycles. The molecule has 1 rings (SSSR count). The lowest BCUT2D eigenvalue weighted by atomic mass is 10.1. The molecular weight excluding hydrogens is 272 g/mol. The van der Waals surface area contributed by atoms with Gasteiger partial charge in [-0.15, -0.1) is 0 Å². The normalized spacial score (nSPS) is 9.94. The number of nitrogens with one attached hydrogen (secondary N) is 1. The summed E-state index contributed by atoms with van der Waals surface area (Å²) in [7, 11) is 1.59. The van der Waals surface area contributed by atoms with Crippen molar-refractivity contribution in [2.24, 2.45) is 5.73 Å². The van der Waals surface area contributed by atoms with Crippen molar-refractivity contribution in [2.45, 2.75) is 6.42 Å². The van der Waals surface area contributed by atoms with E-state index in [4.69, 9.17) is 10.5 Å². The van der Waals surface area contributed by atoms with Crippen molar-refractivity contribution in [1.82, 2.24) is 5.32 Å². The third-order valence-electron chi connectivity index (χ3n) is 2.06. The first-order valence-electron chi connectivity index (χ1n) is 4.96. The Morgan fingerprint density at radius 3 is 2.94 bits per heavy atom. The first-order valence-corrected chi connectivity index (χ1v) is 5.76. The molecule has 88 valence electrons. The minimum atomic E-state index is -0.0538. The Hall–Kier alpha value is -1.07. The maximum absolute atomic E-state index is 11.5. The van der Waals surface area contributed by atoms with Crippen molar-refractivity contribution in [2.75, 3.05) is 20.2 Å². The van der Waals surface area contributed by atoms with Gasteiger partial charge in [-0.3, -0.25) is 4.79 Å². The molecule has 4 nitrogen and oxygen atoms in total. The molecule has 0 aliphatic rings. The van der Waals surface area contributed by atoms with Crippen LogP contribution in [0.2, 0.25) is 0 Å². The second-order valence-corrected chi connectivity index (χ2v) is 4.19. The predicted octanol–water partition coefficient (Wildman–Crippen LogP) is 1.08. The smallest absolute Gasteiger partial charge is 0.224 e. The Balaban J connectivity index is 2.71. The van der Waals surface area contributed by atoms with Crippen molar-refractivity contribution in [3.8, 4) is 5.75 Å². The molecule has 5 heteroatoms. The summed E-state index contributed by atoms with van der Waals surface area (Å²) in [5, 5.41) is 2.72. The number of hydrogen-bond acceptors (Lipinski definition) is 3. The predicted molar refractivity (Wildman–Crippen MR) is 66.5 cm³/mol. The van der Waals surface area contributed by atoms with E-state index in [2.05, 4.69) is 21.2 Å². The van der Waals surface area contributed by atoms with Crippen molar-refractivity contribution < 1.29 is 9.53 Å². The van der Waals surface area contributed by atoms with Gasteiger partial charge in [0.1, 0.15) is 5.75 Å². The molecule has 3 N–H and O–H groups in total. The third kappa shape index (κ3) is 3.83. The van der Waals surface area contributed by atoms with E-state index in [1.165, 1.54) is 0 Å². The van der Waals surface area contributed by atoms with Crippen LogP contribution in [0.5, 0.6) is 5.75 Å². The number of carbonyl (C=O) groups is 1. The molecule has 0 fully saturated rings. The number of halogens is 1. The Morgan fingerprint density at radius 2 is 2.31 bits per heavy atom. The Bertz CT molecular complexity index is 369. The first-order chi connectivity index (χ1) is 7.67. The van der Waals surface area contributed by atoms with Gasteiger partial charge in [0.25, 0.3) is 0 Å². The summed E-state index contributed by atoms with van der Waals surface area (Å²) in [5.41, 5.74) is 6.16. The average molecular weight is 287 g/mol. The number of rotatable bonds is 5. The average Bonchev–Trinajstić information content (AvgIpc) is 2.27. The van der Waals surface area contributed by atoms with Crippen molar-refractivity contribution in [1.29, 1.82) is 0 Å². The van der Waals surface area contributed by atoms with Gasteiger partial charge in [-0.25, -0.2) is 0 Å². The van der Waals surface area contributed by atoms with E-state index < -0.39 is 0 Å². The van der Waals surface area contributed by atoms with E-state index in [9.17, 15) is 4.79 Å². The van der Waals surface area contributed by atoms with Gasteiger partial charge < -0.3 is 15.8 Å². The van der Waals surface area contributed by atoms with E-state index in [1.54, 1.807) is 7.11 Å². The lowest BCUT2D eigenvalue weighted by Crippen LogP contribution is -2.30. The summed E-state index contributed by atoms with van der Waals surface area (Å²) < 4.78 is 6.11. The Labute approximate surface area is 103 Å². The number of methoxy groups -OCH3 is 1. The molecule has 1 aromatic carbocycles. The number of amides is 1. The second-order valence-electron chi connectivity index (χ2n) is 3.27. The van der Waals surface area contributed by atoms with Crippen LogP contribution in [-0.2, 0) is 11.2 Å². The van der Waals surface area contributed by atoms with Crippen molar-refractivity contribution in [3.63, 3.8) is 0 Å². The minimum absolute atomic E-state index is 0.0538. The van der Waals surface area contributed by atoms with Crippen LogP contribution in [0, 0.1) is 0 Å². The van der Waals surface area contributed by atoms with Gasteiger partial charge in [-0.05, 0) is 18.2 Å². The van der Waals surface area contributed by atoms with Crippen molar-refractivity contribution in [3.05, 3.63) is 28.2 Å². The van der Waals surface area contributed by atoms with Crippen LogP contribution in [0.4, 0.5) is 0 Å². The van der Waals surface area contributed by atoms with Gasteiger partial charge in [0, 0.05) is 23.1 Å². The fourth-order valence-corrected chi connectivity index (χ4v) is 1.74. The number of nitrogens with two attached hydrogens (primary N) is 1. The molecule has 0 unspecified atom stereocenters. The molecule has 16 heavy (non-hydrogen) atoms. The largest absolute Gasteiger partial charge is 0.496 e. The SMILES string of the molecule is COc1ccc(Br)cc1CC(=O)NCCN. The molecule has 0 saturated carbocycles. The molecule has 1 aromatic rings. The lowest BCUT2D eigenvalue weighted by Gasteiger charge is -2.09. The van der Waals surface area contributed by atoms with Gasteiger partial charge >= 0.3 is 0 Å². The maximum Gasteiger partial charge on any atom is 0.224 e. The summed E-state index contributed by atoms with van der Waals surface area (Å²) in [5.74, 6) is 0.660. The van der Waals surface area contributed by atoms with Crippen LogP contribution in [0.1, 0.15) is 5.56 Å². The van der Waals surface area contributed by atoms with Crippen LogP contribution in [0.15, 0.2) is 22.7 Å². The van der Waals surface area contributed by atoms with E-state index in [-0.39, 0.29) is 5.91 Å². The number of hydrogen-bond donors (Lipinski definition) is 2. The fraction of sp³-hybridized carbons (Fsp3) is 0.364. The zero-order valence-corrected chi connectivity index (χ0v) is 10.7. The summed E-state index contributed by atoms with van der Waals surface area (Å²) in [6.45, 7) is 0.941. The number of carbonyl (C=O) groups excluding carboxylic acids is 1. The summed E-state index contributed by atoms with van der Waals surface area (Å²) in [6.07, 6.45) is 0.294. The monoisotopic (exact) mass is 286 g/mol. The highest BCUT2D eigenvalue weighted by Crippen LogP contribution is 2.23. The van der Waals surface area contributed by atoms with Crippen LogP contribution in [0.25, 0.3) is 0 Å². The molecular formula is C11H15BrN2O2. The molecule has 0 aliphatic heterocycles. The highest BCUT2D eigenvalue weighted by atomic mass is 79.9.